The molecule has 0 aliphatic rings. The zero-order chi connectivity index (χ0) is 12.6. The van der Waals surface area contributed by atoms with E-state index in [1.54, 1.807) is 0 Å². The highest BCUT2D eigenvalue weighted by atomic mass is 32.2. The van der Waals surface area contributed by atoms with E-state index in [4.69, 9.17) is 0 Å². The molecule has 1 heterocycles. The van der Waals surface area contributed by atoms with Crippen LogP contribution in [-0.4, -0.2) is 19.7 Å². The van der Waals surface area contributed by atoms with E-state index >= 15 is 0 Å². The molecule has 0 radical (unpaired) electrons. The van der Waals surface area contributed by atoms with Crippen LogP contribution < -0.4 is 4.72 Å². The van der Waals surface area contributed by atoms with Crippen molar-refractivity contribution in [1.29, 1.82) is 0 Å². The largest absolute Gasteiger partial charge is 0.267 e. The van der Waals surface area contributed by atoms with Crippen LogP contribution in [0.3, 0.4) is 0 Å². The monoisotopic (exact) mass is 242 g/mol. The molecular formula is C11H18N2O2S. The molecule has 0 aliphatic carbocycles. The molecule has 0 bridgehead atoms. The Hall–Kier alpha value is -1.10. The number of nitrogens with zero attached hydrogens (tertiary/aromatic N) is 1. The highest BCUT2D eigenvalue weighted by Crippen LogP contribution is 2.23. The Morgan fingerprint density at radius 1 is 1.25 bits per heavy atom. The first-order valence-electron chi connectivity index (χ1n) is 5.05. The Bertz CT molecular complexity index is 487. The average molecular weight is 242 g/mol. The van der Waals surface area contributed by atoms with Gasteiger partial charge >= 0.3 is 0 Å². The van der Waals surface area contributed by atoms with E-state index in [1.807, 2.05) is 39.8 Å². The van der Waals surface area contributed by atoms with E-state index in [-0.39, 0.29) is 5.41 Å². The molecule has 0 amide bonds. The number of pyridine rings is 1. The third-order valence-electron chi connectivity index (χ3n) is 2.15. The molecule has 16 heavy (non-hydrogen) atoms. The van der Waals surface area contributed by atoms with Crippen molar-refractivity contribution >= 4 is 15.8 Å². The second-order valence-corrected chi connectivity index (χ2v) is 6.73. The van der Waals surface area contributed by atoms with Crippen molar-refractivity contribution in [2.24, 2.45) is 0 Å². The molecule has 1 rings (SSSR count). The Morgan fingerprint density at radius 2 is 1.81 bits per heavy atom. The lowest BCUT2D eigenvalue weighted by Crippen LogP contribution is -2.17. The highest BCUT2D eigenvalue weighted by molar-refractivity contribution is 7.92. The number of rotatable bonds is 2. The van der Waals surface area contributed by atoms with Crippen molar-refractivity contribution < 1.29 is 8.42 Å². The fourth-order valence-electron chi connectivity index (χ4n) is 1.23. The summed E-state index contributed by atoms with van der Waals surface area (Å²) in [5.74, 6) is 0.412. The van der Waals surface area contributed by atoms with Gasteiger partial charge < -0.3 is 0 Å². The number of hydrogen-bond donors (Lipinski definition) is 1. The molecule has 0 atom stereocenters. The van der Waals surface area contributed by atoms with Crippen LogP contribution >= 0.6 is 0 Å². The van der Waals surface area contributed by atoms with E-state index in [0.29, 0.717) is 5.82 Å². The molecule has 0 aromatic carbocycles. The van der Waals surface area contributed by atoms with Crippen LogP contribution in [0.25, 0.3) is 0 Å². The molecule has 0 saturated heterocycles. The minimum Gasteiger partial charge on any atom is -0.267 e. The number of aryl methyl sites for hydroxylation is 1. The third-order valence-corrected chi connectivity index (χ3v) is 2.71. The number of nitrogens with one attached hydrogen (secondary N) is 1. The predicted octanol–water partition coefficient (Wildman–Crippen LogP) is 2.06. The summed E-state index contributed by atoms with van der Waals surface area (Å²) in [6.07, 6.45) is 1.12. The van der Waals surface area contributed by atoms with E-state index in [0.717, 1.165) is 17.5 Å². The average Bonchev–Trinajstić information content (AvgIpc) is 2.04. The number of anilines is 1. The van der Waals surface area contributed by atoms with Gasteiger partial charge in [-0.3, -0.25) is 4.72 Å². The second-order valence-electron chi connectivity index (χ2n) is 4.99. The maximum absolute atomic E-state index is 11.2. The van der Waals surface area contributed by atoms with E-state index in [2.05, 4.69) is 9.71 Å². The zero-order valence-corrected chi connectivity index (χ0v) is 11.1. The quantitative estimate of drug-likeness (QED) is 0.863. The van der Waals surface area contributed by atoms with Gasteiger partial charge in [0.1, 0.15) is 5.82 Å². The van der Waals surface area contributed by atoms with Crippen molar-refractivity contribution in [2.45, 2.75) is 33.1 Å². The van der Waals surface area contributed by atoms with Crippen LogP contribution in [-0.2, 0) is 15.4 Å². The summed E-state index contributed by atoms with van der Waals surface area (Å²) >= 11 is 0. The Kier molecular flexibility index (Phi) is 3.28. The van der Waals surface area contributed by atoms with Gasteiger partial charge in [-0.05, 0) is 18.6 Å². The van der Waals surface area contributed by atoms with Crippen molar-refractivity contribution in [1.82, 2.24) is 4.98 Å². The number of hydrogen-bond acceptors (Lipinski definition) is 3. The molecule has 0 saturated carbocycles. The highest BCUT2D eigenvalue weighted by Gasteiger charge is 2.17. The minimum absolute atomic E-state index is 0.0956. The molecule has 1 N–H and O–H groups in total. The van der Waals surface area contributed by atoms with Crippen molar-refractivity contribution in [3.63, 3.8) is 0 Å². The molecule has 90 valence electrons. The fraction of sp³-hybridized carbons (Fsp3) is 0.545. The van der Waals surface area contributed by atoms with Gasteiger partial charge in [0.15, 0.2) is 0 Å². The Balaban J connectivity index is 3.20. The van der Waals surface area contributed by atoms with Crippen LogP contribution in [0.1, 0.15) is 32.0 Å². The van der Waals surface area contributed by atoms with Gasteiger partial charge in [0.25, 0.3) is 0 Å². The molecular weight excluding hydrogens is 224 g/mol. The second kappa shape index (κ2) is 4.05. The zero-order valence-electron chi connectivity index (χ0n) is 10.3. The smallest absolute Gasteiger partial charge is 0.230 e. The van der Waals surface area contributed by atoms with Gasteiger partial charge in [-0.15, -0.1) is 0 Å². The minimum atomic E-state index is -3.27. The summed E-state index contributed by atoms with van der Waals surface area (Å²) in [5, 5.41) is 0. The molecule has 0 spiro atoms. The van der Waals surface area contributed by atoms with Gasteiger partial charge in [-0.2, -0.15) is 0 Å². The SMILES string of the molecule is Cc1ccc(C(C)(C)C)nc1NS(C)(=O)=O. The number of aromatic nitrogens is 1. The fourth-order valence-corrected chi connectivity index (χ4v) is 1.78. The molecule has 4 nitrogen and oxygen atoms in total. The molecule has 1 aromatic heterocycles. The van der Waals surface area contributed by atoms with Gasteiger partial charge in [0, 0.05) is 11.1 Å². The summed E-state index contributed by atoms with van der Waals surface area (Å²) in [4.78, 5) is 4.34. The van der Waals surface area contributed by atoms with E-state index in [9.17, 15) is 8.42 Å². The molecule has 0 aliphatic heterocycles. The lowest BCUT2D eigenvalue weighted by molar-refractivity contribution is 0.569. The maximum atomic E-state index is 11.2. The first-order valence-corrected chi connectivity index (χ1v) is 6.95. The summed E-state index contributed by atoms with van der Waals surface area (Å²) in [5.41, 5.74) is 1.59. The van der Waals surface area contributed by atoms with Gasteiger partial charge in [-0.1, -0.05) is 26.8 Å². The first kappa shape index (κ1) is 13.0. The normalized spacial score (nSPS) is 12.6. The standard InChI is InChI=1S/C11H18N2O2S/c1-8-6-7-9(11(2,3)4)12-10(8)13-16(5,14)15/h6-7H,1-5H3,(H,12,13). The molecule has 1 aromatic rings. The molecule has 0 fully saturated rings. The summed E-state index contributed by atoms with van der Waals surface area (Å²) in [6, 6.07) is 3.80. The van der Waals surface area contributed by atoms with Crippen LogP contribution in [0.5, 0.6) is 0 Å². The van der Waals surface area contributed by atoms with E-state index < -0.39 is 10.0 Å². The van der Waals surface area contributed by atoms with Gasteiger partial charge in [0.2, 0.25) is 10.0 Å². The maximum Gasteiger partial charge on any atom is 0.230 e. The van der Waals surface area contributed by atoms with Crippen LogP contribution in [0.15, 0.2) is 12.1 Å². The topological polar surface area (TPSA) is 59.1 Å². The van der Waals surface area contributed by atoms with Gasteiger partial charge in [-0.25, -0.2) is 13.4 Å². The van der Waals surface area contributed by atoms with Crippen molar-refractivity contribution in [3.05, 3.63) is 23.4 Å². The Morgan fingerprint density at radius 3 is 2.25 bits per heavy atom. The Labute approximate surface area is 97.2 Å². The van der Waals surface area contributed by atoms with Crippen LogP contribution in [0.2, 0.25) is 0 Å². The third kappa shape index (κ3) is 3.48. The number of sulfonamides is 1. The lowest BCUT2D eigenvalue weighted by Gasteiger charge is -2.19. The van der Waals surface area contributed by atoms with Gasteiger partial charge in [0.05, 0.1) is 6.26 Å². The molecule has 0 unspecified atom stereocenters. The lowest BCUT2D eigenvalue weighted by atomic mass is 9.91. The van der Waals surface area contributed by atoms with E-state index in [1.165, 1.54) is 0 Å². The van der Waals surface area contributed by atoms with Crippen LogP contribution in [0.4, 0.5) is 5.82 Å². The predicted molar refractivity (Wildman–Crippen MR) is 66.1 cm³/mol. The van der Waals surface area contributed by atoms with Crippen molar-refractivity contribution in [3.8, 4) is 0 Å². The summed E-state index contributed by atoms with van der Waals surface area (Å²) < 4.78 is 24.7. The van der Waals surface area contributed by atoms with Crippen molar-refractivity contribution in [2.75, 3.05) is 11.0 Å². The summed E-state index contributed by atoms with van der Waals surface area (Å²) in [7, 11) is -3.27. The first-order chi connectivity index (χ1) is 7.09. The van der Waals surface area contributed by atoms with Crippen LogP contribution in [0, 0.1) is 6.92 Å². The molecule has 5 heteroatoms. The summed E-state index contributed by atoms with van der Waals surface area (Å²) in [6.45, 7) is 7.94.